The molecule has 2 aliphatic carbocycles. The highest BCUT2D eigenvalue weighted by Crippen LogP contribution is 2.44. The minimum Gasteiger partial charge on any atom is -0.375 e. The minimum absolute atomic E-state index is 0.133. The fraction of sp³-hybridized carbons (Fsp3) is 0.286. The van der Waals surface area contributed by atoms with Gasteiger partial charge in [-0.2, -0.15) is 11.3 Å². The van der Waals surface area contributed by atoms with Crippen molar-refractivity contribution < 1.29 is 9.59 Å². The van der Waals surface area contributed by atoms with Crippen molar-refractivity contribution in [2.45, 2.75) is 38.3 Å². The predicted octanol–water partition coefficient (Wildman–Crippen LogP) is 5.10. The first-order valence-corrected chi connectivity index (χ1v) is 14.6. The second kappa shape index (κ2) is 9.21. The first kappa shape index (κ1) is 23.4. The van der Waals surface area contributed by atoms with Crippen LogP contribution >= 0.6 is 22.7 Å². The summed E-state index contributed by atoms with van der Waals surface area (Å²) in [4.78, 5) is 36.2. The molecule has 192 valence electrons. The molecule has 38 heavy (non-hydrogen) atoms. The van der Waals surface area contributed by atoms with Crippen molar-refractivity contribution in [1.29, 1.82) is 0 Å². The standard InChI is InChI=1S/C28H26N6O2S2/c29-28-32-20-6-4-16(12-22(20)38-28)13-30-26(35)19-2-1-8-34-24(23(33-25(19)34)18-7-9-37-14-18)27(36)31-21-11-15-3-5-17(21)10-15/h1-2,4,6-9,12,14-15,17,21H,3,5,10-11,13H2,(H2,29,32)(H,30,35)(H,31,36)/t15-,17-,21-/m0/s1. The Morgan fingerprint density at radius 1 is 1.11 bits per heavy atom. The lowest BCUT2D eigenvalue weighted by Gasteiger charge is -2.23. The maximum absolute atomic E-state index is 13.7. The number of thiophene rings is 1. The summed E-state index contributed by atoms with van der Waals surface area (Å²) in [5.41, 5.74) is 10.5. The van der Waals surface area contributed by atoms with Crippen LogP contribution in [0, 0.1) is 11.8 Å². The van der Waals surface area contributed by atoms with Crippen LogP contribution in [0.15, 0.2) is 53.4 Å². The van der Waals surface area contributed by atoms with E-state index >= 15 is 0 Å². The molecule has 0 radical (unpaired) electrons. The Kier molecular flexibility index (Phi) is 5.66. The Balaban J connectivity index is 1.20. The predicted molar refractivity (Wildman–Crippen MR) is 150 cm³/mol. The number of aromatic nitrogens is 3. The zero-order chi connectivity index (χ0) is 25.8. The molecule has 4 aromatic heterocycles. The normalized spacial score (nSPS) is 20.4. The Bertz CT molecular complexity index is 1690. The highest BCUT2D eigenvalue weighted by atomic mass is 32.1. The Hall–Kier alpha value is -3.76. The van der Waals surface area contributed by atoms with Gasteiger partial charge in [0.25, 0.3) is 11.8 Å². The number of pyridine rings is 1. The number of carbonyl (C=O) groups excluding carboxylic acids is 2. The number of carbonyl (C=O) groups is 2. The van der Waals surface area contributed by atoms with Gasteiger partial charge in [0.2, 0.25) is 0 Å². The van der Waals surface area contributed by atoms with Crippen LogP contribution in [0.3, 0.4) is 0 Å². The molecule has 3 atom stereocenters. The number of imidazole rings is 1. The van der Waals surface area contributed by atoms with Crippen LogP contribution in [0.25, 0.3) is 27.1 Å². The summed E-state index contributed by atoms with van der Waals surface area (Å²) in [5.74, 6) is 0.912. The number of benzene rings is 1. The zero-order valence-corrected chi connectivity index (χ0v) is 22.1. The molecule has 4 N–H and O–H groups in total. The Labute approximate surface area is 226 Å². The summed E-state index contributed by atoms with van der Waals surface area (Å²) in [5, 5.41) is 10.8. The van der Waals surface area contributed by atoms with Gasteiger partial charge in [0.1, 0.15) is 11.4 Å². The maximum atomic E-state index is 13.7. The quantitative estimate of drug-likeness (QED) is 0.276. The number of amides is 2. The second-order valence-electron chi connectivity index (χ2n) is 10.2. The molecule has 0 saturated heterocycles. The van der Waals surface area contributed by atoms with E-state index in [0.717, 1.165) is 33.7 Å². The number of nitrogens with one attached hydrogen (secondary N) is 2. The van der Waals surface area contributed by atoms with Crippen molar-refractivity contribution in [2.24, 2.45) is 11.8 Å². The van der Waals surface area contributed by atoms with Gasteiger partial charge in [-0.25, -0.2) is 9.97 Å². The molecule has 2 saturated carbocycles. The number of fused-ring (bicyclic) bond motifs is 4. The number of rotatable bonds is 6. The first-order chi connectivity index (χ1) is 18.5. The first-order valence-electron chi connectivity index (χ1n) is 12.8. The summed E-state index contributed by atoms with van der Waals surface area (Å²) in [6.45, 7) is 0.351. The lowest BCUT2D eigenvalue weighted by Crippen LogP contribution is -2.39. The fourth-order valence-corrected chi connectivity index (χ4v) is 7.53. The number of hydrogen-bond acceptors (Lipinski definition) is 7. The van der Waals surface area contributed by atoms with Gasteiger partial charge >= 0.3 is 0 Å². The van der Waals surface area contributed by atoms with E-state index in [1.54, 1.807) is 27.9 Å². The van der Waals surface area contributed by atoms with Gasteiger partial charge < -0.3 is 16.4 Å². The van der Waals surface area contributed by atoms with Gasteiger partial charge in [0.05, 0.1) is 15.8 Å². The van der Waals surface area contributed by atoms with E-state index in [1.807, 2.05) is 41.2 Å². The van der Waals surface area contributed by atoms with E-state index in [-0.39, 0.29) is 17.9 Å². The molecule has 2 amide bonds. The van der Waals surface area contributed by atoms with Crippen molar-refractivity contribution in [2.75, 3.05) is 5.73 Å². The van der Waals surface area contributed by atoms with Crippen molar-refractivity contribution in [1.82, 2.24) is 25.0 Å². The van der Waals surface area contributed by atoms with Gasteiger partial charge in [0.15, 0.2) is 10.8 Å². The molecule has 1 aromatic carbocycles. The summed E-state index contributed by atoms with van der Waals surface area (Å²) in [7, 11) is 0. The minimum atomic E-state index is -0.249. The smallest absolute Gasteiger partial charge is 0.270 e. The van der Waals surface area contributed by atoms with E-state index in [9.17, 15) is 9.59 Å². The summed E-state index contributed by atoms with van der Waals surface area (Å²) < 4.78 is 2.74. The molecule has 0 aliphatic heterocycles. The number of hydrogen-bond donors (Lipinski definition) is 3. The molecule has 4 heterocycles. The average molecular weight is 543 g/mol. The largest absolute Gasteiger partial charge is 0.375 e. The topological polar surface area (TPSA) is 114 Å². The molecule has 0 spiro atoms. The van der Waals surface area contributed by atoms with Crippen molar-refractivity contribution in [3.8, 4) is 11.3 Å². The third kappa shape index (κ3) is 4.04. The Morgan fingerprint density at radius 3 is 2.82 bits per heavy atom. The monoisotopic (exact) mass is 542 g/mol. The third-order valence-electron chi connectivity index (χ3n) is 7.88. The van der Waals surface area contributed by atoms with E-state index in [4.69, 9.17) is 10.7 Å². The average Bonchev–Trinajstić information content (AvgIpc) is 3.73. The van der Waals surface area contributed by atoms with Gasteiger partial charge in [-0.05, 0) is 72.4 Å². The molecule has 2 bridgehead atoms. The van der Waals surface area contributed by atoms with Crippen LogP contribution in [-0.2, 0) is 6.54 Å². The molecule has 8 nitrogen and oxygen atoms in total. The van der Waals surface area contributed by atoms with E-state index in [0.29, 0.717) is 40.2 Å². The summed E-state index contributed by atoms with van der Waals surface area (Å²) >= 11 is 2.98. The van der Waals surface area contributed by atoms with E-state index in [2.05, 4.69) is 15.6 Å². The molecule has 2 aliphatic rings. The number of nitrogens with zero attached hydrogens (tertiary/aromatic N) is 3. The molecular weight excluding hydrogens is 516 g/mol. The van der Waals surface area contributed by atoms with Gasteiger partial charge in [-0.3, -0.25) is 14.0 Å². The lowest BCUT2D eigenvalue weighted by molar-refractivity contribution is 0.0914. The maximum Gasteiger partial charge on any atom is 0.270 e. The number of thiazole rings is 1. The number of nitrogens with two attached hydrogens (primary N) is 1. The van der Waals surface area contributed by atoms with Gasteiger partial charge in [-0.1, -0.05) is 23.8 Å². The van der Waals surface area contributed by atoms with Crippen LogP contribution in [0.5, 0.6) is 0 Å². The highest BCUT2D eigenvalue weighted by Gasteiger charge is 2.40. The van der Waals surface area contributed by atoms with Crippen LogP contribution in [0.4, 0.5) is 5.13 Å². The summed E-state index contributed by atoms with van der Waals surface area (Å²) in [6.07, 6.45) is 6.54. The van der Waals surface area contributed by atoms with Gasteiger partial charge in [-0.15, -0.1) is 0 Å². The van der Waals surface area contributed by atoms with Crippen LogP contribution < -0.4 is 16.4 Å². The third-order valence-corrected chi connectivity index (χ3v) is 9.41. The second-order valence-corrected chi connectivity index (χ2v) is 12.1. The Morgan fingerprint density at radius 2 is 2.03 bits per heavy atom. The molecule has 2 fully saturated rings. The summed E-state index contributed by atoms with van der Waals surface area (Å²) in [6, 6.07) is 11.5. The number of anilines is 1. The van der Waals surface area contributed by atoms with Crippen LogP contribution in [0.1, 0.15) is 52.1 Å². The van der Waals surface area contributed by atoms with Gasteiger partial charge in [0, 0.05) is 29.7 Å². The van der Waals surface area contributed by atoms with E-state index < -0.39 is 0 Å². The lowest BCUT2D eigenvalue weighted by atomic mass is 9.95. The van der Waals surface area contributed by atoms with Crippen LogP contribution in [-0.4, -0.2) is 32.2 Å². The molecule has 0 unspecified atom stereocenters. The molecule has 5 aromatic rings. The zero-order valence-electron chi connectivity index (χ0n) is 20.5. The van der Waals surface area contributed by atoms with Crippen LogP contribution in [0.2, 0.25) is 0 Å². The number of nitrogen functional groups attached to an aromatic ring is 1. The molecular formula is C28H26N6O2S2. The van der Waals surface area contributed by atoms with Crippen molar-refractivity contribution in [3.05, 3.63) is 70.2 Å². The molecule has 7 rings (SSSR count). The molecule has 10 heteroatoms. The van der Waals surface area contributed by atoms with E-state index in [1.165, 1.54) is 30.6 Å². The highest BCUT2D eigenvalue weighted by molar-refractivity contribution is 7.22. The van der Waals surface area contributed by atoms with Crippen molar-refractivity contribution >= 4 is 55.5 Å². The fourth-order valence-electron chi connectivity index (χ4n) is 6.09. The van der Waals surface area contributed by atoms with Crippen molar-refractivity contribution in [3.63, 3.8) is 0 Å². The SMILES string of the molecule is Nc1nc2ccc(CNC(=O)c3cccn4c(C(=O)N[C@H]5C[C@H]6CC[C@H]5C6)c(-c5ccsc5)nc34)cc2s1.